The third-order valence-electron chi connectivity index (χ3n) is 4.09. The standard InChI is InChI=1S/C13H17F3N4O2S/c1-23(21,22)20-4-2-19(3-5-20)12-7-9(13(14,15)16)6-11-10(12)8-17-18-11/h6-7,17-18H,2-5,8H2,1H3. The molecule has 1 saturated heterocycles. The maximum atomic E-state index is 13.1. The molecule has 0 bridgehead atoms. The zero-order valence-corrected chi connectivity index (χ0v) is 13.3. The van der Waals surface area contributed by atoms with Gasteiger partial charge in [0.2, 0.25) is 10.0 Å². The normalized spacial score (nSPS) is 19.6. The van der Waals surface area contributed by atoms with E-state index in [2.05, 4.69) is 10.9 Å². The molecule has 3 rings (SSSR count). The lowest BCUT2D eigenvalue weighted by Crippen LogP contribution is -2.48. The molecule has 0 atom stereocenters. The number of anilines is 2. The zero-order valence-electron chi connectivity index (χ0n) is 12.4. The van der Waals surface area contributed by atoms with E-state index in [1.54, 1.807) is 0 Å². The molecule has 1 aromatic carbocycles. The van der Waals surface area contributed by atoms with Crippen molar-refractivity contribution in [2.45, 2.75) is 12.7 Å². The first-order valence-corrected chi connectivity index (χ1v) is 8.94. The minimum Gasteiger partial charge on any atom is -0.369 e. The number of rotatable bonds is 2. The summed E-state index contributed by atoms with van der Waals surface area (Å²) in [5.74, 6) is 0. The van der Waals surface area contributed by atoms with Gasteiger partial charge in [0.1, 0.15) is 0 Å². The molecule has 0 spiro atoms. The van der Waals surface area contributed by atoms with Crippen LogP contribution in [0.25, 0.3) is 0 Å². The molecule has 0 aliphatic carbocycles. The summed E-state index contributed by atoms with van der Waals surface area (Å²) >= 11 is 0. The molecule has 23 heavy (non-hydrogen) atoms. The van der Waals surface area contributed by atoms with E-state index in [9.17, 15) is 21.6 Å². The maximum absolute atomic E-state index is 13.1. The Morgan fingerprint density at radius 1 is 1.13 bits per heavy atom. The molecule has 2 aliphatic heterocycles. The van der Waals surface area contributed by atoms with Gasteiger partial charge in [-0.3, -0.25) is 0 Å². The van der Waals surface area contributed by atoms with Crippen LogP contribution in [-0.4, -0.2) is 45.2 Å². The molecule has 0 saturated carbocycles. The molecule has 0 amide bonds. The molecule has 0 unspecified atom stereocenters. The fourth-order valence-corrected chi connectivity index (χ4v) is 3.71. The highest BCUT2D eigenvalue weighted by Gasteiger charge is 2.34. The fourth-order valence-electron chi connectivity index (χ4n) is 2.89. The van der Waals surface area contributed by atoms with Crippen LogP contribution in [0.1, 0.15) is 11.1 Å². The third-order valence-corrected chi connectivity index (χ3v) is 5.39. The average Bonchev–Trinajstić information content (AvgIpc) is 2.93. The highest BCUT2D eigenvalue weighted by molar-refractivity contribution is 7.88. The number of hydrogen-bond donors (Lipinski definition) is 2. The van der Waals surface area contributed by atoms with Gasteiger partial charge in [-0.25, -0.2) is 13.8 Å². The van der Waals surface area contributed by atoms with Crippen molar-refractivity contribution < 1.29 is 21.6 Å². The zero-order chi connectivity index (χ0) is 16.8. The molecule has 6 nitrogen and oxygen atoms in total. The first-order chi connectivity index (χ1) is 10.7. The molecule has 1 aromatic rings. The highest BCUT2D eigenvalue weighted by Crippen LogP contribution is 2.39. The van der Waals surface area contributed by atoms with Crippen LogP contribution < -0.4 is 15.8 Å². The number of fused-ring (bicyclic) bond motifs is 1. The molecule has 0 radical (unpaired) electrons. The largest absolute Gasteiger partial charge is 0.416 e. The van der Waals surface area contributed by atoms with Crippen molar-refractivity contribution in [3.8, 4) is 0 Å². The van der Waals surface area contributed by atoms with E-state index >= 15 is 0 Å². The number of sulfonamides is 1. The molecule has 1 fully saturated rings. The molecular formula is C13H17F3N4O2S. The molecule has 0 aromatic heterocycles. The van der Waals surface area contributed by atoms with Crippen LogP contribution in [0.15, 0.2) is 12.1 Å². The number of hydrazine groups is 1. The van der Waals surface area contributed by atoms with Gasteiger partial charge in [-0.15, -0.1) is 0 Å². The first-order valence-electron chi connectivity index (χ1n) is 7.09. The van der Waals surface area contributed by atoms with E-state index in [4.69, 9.17) is 0 Å². The van der Waals surface area contributed by atoms with Crippen molar-refractivity contribution in [1.82, 2.24) is 9.73 Å². The second-order valence-corrected chi connectivity index (χ2v) is 7.63. The average molecular weight is 350 g/mol. The van der Waals surface area contributed by atoms with Crippen LogP contribution >= 0.6 is 0 Å². The van der Waals surface area contributed by atoms with Gasteiger partial charge in [-0.1, -0.05) is 0 Å². The molecule has 2 heterocycles. The summed E-state index contributed by atoms with van der Waals surface area (Å²) in [4.78, 5) is 1.81. The van der Waals surface area contributed by atoms with Crippen molar-refractivity contribution in [3.05, 3.63) is 23.3 Å². The summed E-state index contributed by atoms with van der Waals surface area (Å²) in [5, 5.41) is 0. The van der Waals surface area contributed by atoms with Crippen LogP contribution in [0.3, 0.4) is 0 Å². The Hall–Kier alpha value is -1.52. The molecule has 128 valence electrons. The van der Waals surface area contributed by atoms with Crippen molar-refractivity contribution in [2.24, 2.45) is 0 Å². The Kier molecular flexibility index (Phi) is 3.93. The lowest BCUT2D eigenvalue weighted by Gasteiger charge is -2.35. The Morgan fingerprint density at radius 3 is 2.35 bits per heavy atom. The van der Waals surface area contributed by atoms with Crippen molar-refractivity contribution in [1.29, 1.82) is 0 Å². The Morgan fingerprint density at radius 2 is 1.78 bits per heavy atom. The molecule has 2 aliphatic rings. The number of benzene rings is 1. The van der Waals surface area contributed by atoms with Gasteiger partial charge in [0.15, 0.2) is 0 Å². The van der Waals surface area contributed by atoms with Crippen molar-refractivity contribution in [2.75, 3.05) is 42.8 Å². The molecule has 10 heteroatoms. The quantitative estimate of drug-likeness (QED) is 0.840. The smallest absolute Gasteiger partial charge is 0.369 e. The number of nitrogens with zero attached hydrogens (tertiary/aromatic N) is 2. The summed E-state index contributed by atoms with van der Waals surface area (Å²) in [6, 6.07) is 2.23. The van der Waals surface area contributed by atoms with E-state index in [0.29, 0.717) is 31.0 Å². The monoisotopic (exact) mass is 350 g/mol. The lowest BCUT2D eigenvalue weighted by atomic mass is 10.0. The van der Waals surface area contributed by atoms with E-state index in [-0.39, 0.29) is 13.1 Å². The van der Waals surface area contributed by atoms with Crippen LogP contribution in [0.5, 0.6) is 0 Å². The van der Waals surface area contributed by atoms with E-state index in [1.807, 2.05) is 4.90 Å². The van der Waals surface area contributed by atoms with Gasteiger partial charge in [0.05, 0.1) is 17.5 Å². The first kappa shape index (κ1) is 16.3. The topological polar surface area (TPSA) is 64.7 Å². The SMILES string of the molecule is CS(=O)(=O)N1CCN(c2cc(C(F)(F)F)cc3c2CNN3)CC1. The van der Waals surface area contributed by atoms with Crippen molar-refractivity contribution >= 4 is 21.4 Å². The Labute approximate surface area is 132 Å². The van der Waals surface area contributed by atoms with Gasteiger partial charge in [-0.2, -0.15) is 17.5 Å². The summed E-state index contributed by atoms with van der Waals surface area (Å²) in [6.45, 7) is 1.69. The molecular weight excluding hydrogens is 333 g/mol. The van der Waals surface area contributed by atoms with Gasteiger partial charge in [0.25, 0.3) is 0 Å². The number of hydrogen-bond acceptors (Lipinski definition) is 5. The van der Waals surface area contributed by atoms with Gasteiger partial charge < -0.3 is 10.3 Å². The fraction of sp³-hybridized carbons (Fsp3) is 0.538. The third kappa shape index (κ3) is 3.24. The molecule has 2 N–H and O–H groups in total. The predicted octanol–water partition coefficient (Wildman–Crippen LogP) is 1.22. The van der Waals surface area contributed by atoms with Crippen LogP contribution in [0.2, 0.25) is 0 Å². The number of piperazine rings is 1. The Bertz CT molecular complexity index is 713. The van der Waals surface area contributed by atoms with Gasteiger partial charge >= 0.3 is 6.18 Å². The maximum Gasteiger partial charge on any atom is 0.416 e. The highest BCUT2D eigenvalue weighted by atomic mass is 32.2. The number of alkyl halides is 3. The second kappa shape index (κ2) is 5.53. The number of halogens is 3. The van der Waals surface area contributed by atoms with Crippen LogP contribution in [-0.2, 0) is 22.7 Å². The summed E-state index contributed by atoms with van der Waals surface area (Å²) in [7, 11) is -3.27. The Balaban J connectivity index is 1.90. The minimum absolute atomic E-state index is 0.269. The summed E-state index contributed by atoms with van der Waals surface area (Å²) in [6.07, 6.45) is -3.29. The van der Waals surface area contributed by atoms with Crippen LogP contribution in [0.4, 0.5) is 24.5 Å². The van der Waals surface area contributed by atoms with Gasteiger partial charge in [-0.05, 0) is 12.1 Å². The lowest BCUT2D eigenvalue weighted by molar-refractivity contribution is -0.137. The van der Waals surface area contributed by atoms with E-state index in [0.717, 1.165) is 24.0 Å². The minimum atomic E-state index is -4.43. The van der Waals surface area contributed by atoms with Gasteiger partial charge in [0, 0.05) is 44.0 Å². The second-order valence-electron chi connectivity index (χ2n) is 5.65. The van der Waals surface area contributed by atoms with E-state index in [1.165, 1.54) is 4.31 Å². The van der Waals surface area contributed by atoms with Crippen LogP contribution in [0, 0.1) is 0 Å². The summed E-state index contributed by atoms with van der Waals surface area (Å²) < 4.78 is 63.6. The predicted molar refractivity (Wildman–Crippen MR) is 80.5 cm³/mol. The summed E-state index contributed by atoms with van der Waals surface area (Å²) in [5.41, 5.74) is 6.54. The van der Waals surface area contributed by atoms with Crippen molar-refractivity contribution in [3.63, 3.8) is 0 Å². The number of nitrogens with one attached hydrogen (secondary N) is 2. The van der Waals surface area contributed by atoms with E-state index < -0.39 is 21.8 Å².